The first-order valence-corrected chi connectivity index (χ1v) is 6.84. The van der Waals surface area contributed by atoms with Crippen LogP contribution in [0.1, 0.15) is 12.0 Å². The molecule has 2 N–H and O–H groups in total. The maximum Gasteiger partial charge on any atom is 0.246 e. The Hall–Kier alpha value is -1.20. The summed E-state index contributed by atoms with van der Waals surface area (Å²) in [6.07, 6.45) is 0.567. The Bertz CT molecular complexity index is 615. The molecule has 0 unspecified atom stereocenters. The molecule has 1 fully saturated rings. The van der Waals surface area contributed by atoms with Crippen molar-refractivity contribution < 1.29 is 12.8 Å². The average molecular weight is 306 g/mol. The molecule has 104 valence electrons. The first-order valence-electron chi connectivity index (χ1n) is 5.40. The first kappa shape index (κ1) is 15.9. The van der Waals surface area contributed by atoms with E-state index >= 15 is 0 Å². The number of nitrogens with zero attached hydrogens (tertiary/aromatic N) is 2. The van der Waals surface area contributed by atoms with Crippen LogP contribution in [0, 0.1) is 17.1 Å². The van der Waals surface area contributed by atoms with Crippen molar-refractivity contribution in [1.29, 1.82) is 5.26 Å². The molecule has 1 saturated heterocycles. The zero-order valence-corrected chi connectivity index (χ0v) is 11.5. The number of sulfonamides is 1. The maximum atomic E-state index is 13.7. The molecular weight excluding hydrogens is 293 g/mol. The number of rotatable bonds is 2. The first-order chi connectivity index (χ1) is 8.45. The van der Waals surface area contributed by atoms with Crippen LogP contribution in [0.5, 0.6) is 0 Å². The Morgan fingerprint density at radius 2 is 2.16 bits per heavy atom. The highest BCUT2D eigenvalue weighted by Crippen LogP contribution is 2.23. The van der Waals surface area contributed by atoms with Crippen LogP contribution in [0.3, 0.4) is 0 Å². The molecule has 2 rings (SSSR count). The topological polar surface area (TPSA) is 87.2 Å². The molecule has 0 aromatic heterocycles. The summed E-state index contributed by atoms with van der Waals surface area (Å²) in [6, 6.07) is 4.87. The van der Waals surface area contributed by atoms with E-state index in [1.165, 1.54) is 10.4 Å². The van der Waals surface area contributed by atoms with Gasteiger partial charge in [0, 0.05) is 19.1 Å². The molecule has 19 heavy (non-hydrogen) atoms. The molecule has 1 aromatic rings. The minimum Gasteiger partial charge on any atom is -0.326 e. The van der Waals surface area contributed by atoms with Crippen LogP contribution in [0.2, 0.25) is 0 Å². The molecule has 8 heteroatoms. The van der Waals surface area contributed by atoms with Crippen molar-refractivity contribution in [1.82, 2.24) is 4.31 Å². The number of halogens is 2. The predicted molar refractivity (Wildman–Crippen MR) is 69.7 cm³/mol. The molecule has 5 nitrogen and oxygen atoms in total. The van der Waals surface area contributed by atoms with Crippen LogP contribution in [0.4, 0.5) is 4.39 Å². The summed E-state index contributed by atoms with van der Waals surface area (Å²) in [5.41, 5.74) is 5.73. The fourth-order valence-corrected chi connectivity index (χ4v) is 3.45. The lowest BCUT2D eigenvalue weighted by atomic mass is 10.2. The van der Waals surface area contributed by atoms with Gasteiger partial charge in [-0.2, -0.15) is 9.57 Å². The van der Waals surface area contributed by atoms with Gasteiger partial charge in [0.15, 0.2) is 0 Å². The van der Waals surface area contributed by atoms with Gasteiger partial charge in [0.1, 0.15) is 10.7 Å². The lowest BCUT2D eigenvalue weighted by molar-refractivity contribution is 0.465. The molecule has 0 spiro atoms. The Morgan fingerprint density at radius 1 is 1.47 bits per heavy atom. The Morgan fingerprint density at radius 3 is 2.63 bits per heavy atom. The largest absolute Gasteiger partial charge is 0.326 e. The van der Waals surface area contributed by atoms with Crippen LogP contribution in [0.25, 0.3) is 0 Å². The summed E-state index contributed by atoms with van der Waals surface area (Å²) >= 11 is 0. The number of nitriles is 1. The molecule has 0 radical (unpaired) electrons. The highest BCUT2D eigenvalue weighted by Gasteiger charge is 2.32. The average Bonchev–Trinajstić information content (AvgIpc) is 2.76. The number of hydrogen-bond donors (Lipinski definition) is 1. The van der Waals surface area contributed by atoms with Crippen molar-refractivity contribution >= 4 is 22.4 Å². The van der Waals surface area contributed by atoms with Gasteiger partial charge in [-0.1, -0.05) is 0 Å². The summed E-state index contributed by atoms with van der Waals surface area (Å²) < 4.78 is 39.2. The van der Waals surface area contributed by atoms with E-state index in [0.717, 1.165) is 12.1 Å². The van der Waals surface area contributed by atoms with Gasteiger partial charge in [-0.3, -0.25) is 0 Å². The minimum absolute atomic E-state index is 0. The van der Waals surface area contributed by atoms with E-state index in [4.69, 9.17) is 11.0 Å². The second kappa shape index (κ2) is 5.84. The molecule has 1 atom stereocenters. The van der Waals surface area contributed by atoms with Gasteiger partial charge in [-0.15, -0.1) is 12.4 Å². The molecule has 1 heterocycles. The molecule has 0 saturated carbocycles. The fraction of sp³-hybridized carbons (Fsp3) is 0.364. The zero-order valence-electron chi connectivity index (χ0n) is 9.91. The van der Waals surface area contributed by atoms with E-state index in [1.54, 1.807) is 6.07 Å². The standard InChI is InChI=1S/C11H12FN3O2S.ClH/c12-10-5-8(6-13)1-2-11(10)18(16,17)15-4-3-9(14)7-15;/h1-2,5,9H,3-4,7,14H2;1H/t9-;/m1./s1. The highest BCUT2D eigenvalue weighted by molar-refractivity contribution is 7.89. The Balaban J connectivity index is 0.00000180. The number of hydrogen-bond acceptors (Lipinski definition) is 4. The van der Waals surface area contributed by atoms with Crippen LogP contribution in [-0.4, -0.2) is 31.9 Å². The lowest BCUT2D eigenvalue weighted by Gasteiger charge is -2.16. The van der Waals surface area contributed by atoms with Crippen LogP contribution in [-0.2, 0) is 10.0 Å². The third kappa shape index (κ3) is 3.04. The van der Waals surface area contributed by atoms with Gasteiger partial charge in [0.05, 0.1) is 11.6 Å². The fourth-order valence-electron chi connectivity index (χ4n) is 1.89. The van der Waals surface area contributed by atoms with Crippen molar-refractivity contribution in [2.75, 3.05) is 13.1 Å². The van der Waals surface area contributed by atoms with Gasteiger partial charge in [-0.25, -0.2) is 12.8 Å². The SMILES string of the molecule is Cl.N#Cc1ccc(S(=O)(=O)N2CC[C@@H](N)C2)c(F)c1. The van der Waals surface area contributed by atoms with Crippen molar-refractivity contribution in [3.05, 3.63) is 29.6 Å². The summed E-state index contributed by atoms with van der Waals surface area (Å²) in [7, 11) is -3.86. The predicted octanol–water partition coefficient (Wildman–Crippen LogP) is 0.841. The monoisotopic (exact) mass is 305 g/mol. The third-order valence-electron chi connectivity index (χ3n) is 2.87. The summed E-state index contributed by atoms with van der Waals surface area (Å²) in [4.78, 5) is -0.407. The van der Waals surface area contributed by atoms with Crippen molar-refractivity contribution in [3.8, 4) is 6.07 Å². The van der Waals surface area contributed by atoms with Crippen LogP contribution >= 0.6 is 12.4 Å². The highest BCUT2D eigenvalue weighted by atomic mass is 35.5. The van der Waals surface area contributed by atoms with Crippen molar-refractivity contribution in [2.24, 2.45) is 5.73 Å². The quantitative estimate of drug-likeness (QED) is 0.877. The Kier molecular flexibility index (Phi) is 4.87. The number of nitrogens with two attached hydrogens (primary N) is 1. The third-order valence-corrected chi connectivity index (χ3v) is 4.76. The van der Waals surface area contributed by atoms with E-state index < -0.39 is 20.7 Å². The lowest BCUT2D eigenvalue weighted by Crippen LogP contribution is -2.32. The van der Waals surface area contributed by atoms with Gasteiger partial charge >= 0.3 is 0 Å². The van der Waals surface area contributed by atoms with Gasteiger partial charge < -0.3 is 5.73 Å². The Labute approximate surface area is 117 Å². The van der Waals surface area contributed by atoms with Gasteiger partial charge in [0.2, 0.25) is 10.0 Å². The zero-order chi connectivity index (χ0) is 13.3. The van der Waals surface area contributed by atoms with E-state index in [0.29, 0.717) is 13.0 Å². The van der Waals surface area contributed by atoms with Crippen molar-refractivity contribution in [3.63, 3.8) is 0 Å². The van der Waals surface area contributed by atoms with Gasteiger partial charge in [0.25, 0.3) is 0 Å². The molecule has 1 aliphatic rings. The van der Waals surface area contributed by atoms with Crippen LogP contribution < -0.4 is 5.73 Å². The summed E-state index contributed by atoms with van der Waals surface area (Å²) in [5, 5.41) is 8.61. The van der Waals surface area contributed by atoms with Crippen LogP contribution in [0.15, 0.2) is 23.1 Å². The second-order valence-electron chi connectivity index (χ2n) is 4.17. The summed E-state index contributed by atoms with van der Waals surface area (Å²) in [6.45, 7) is 0.491. The minimum atomic E-state index is -3.86. The van der Waals surface area contributed by atoms with E-state index in [9.17, 15) is 12.8 Å². The molecule has 1 aliphatic heterocycles. The molecular formula is C11H13ClFN3O2S. The molecule has 1 aromatic carbocycles. The van der Waals surface area contributed by atoms with Crippen molar-refractivity contribution in [2.45, 2.75) is 17.4 Å². The van der Waals surface area contributed by atoms with Gasteiger partial charge in [-0.05, 0) is 24.6 Å². The van der Waals surface area contributed by atoms with E-state index in [2.05, 4.69) is 0 Å². The van der Waals surface area contributed by atoms with E-state index in [1.807, 2.05) is 0 Å². The normalized spacial score (nSPS) is 19.7. The van der Waals surface area contributed by atoms with E-state index in [-0.39, 0.29) is 30.6 Å². The summed E-state index contributed by atoms with van der Waals surface area (Å²) in [5.74, 6) is -0.908. The molecule has 0 bridgehead atoms. The molecule has 0 amide bonds. The second-order valence-corrected chi connectivity index (χ2v) is 6.08. The smallest absolute Gasteiger partial charge is 0.246 e. The maximum absolute atomic E-state index is 13.7. The number of benzene rings is 1. The molecule has 0 aliphatic carbocycles.